The number of hydrogen-bond donors (Lipinski definition) is 2. The largest absolute Gasteiger partial charge is 0.326 e. The summed E-state index contributed by atoms with van der Waals surface area (Å²) in [5.41, 5.74) is 2.75. The van der Waals surface area contributed by atoms with Crippen molar-refractivity contribution >= 4 is 39.7 Å². The Hall–Kier alpha value is -3.06. The minimum atomic E-state index is -0.184. The van der Waals surface area contributed by atoms with Crippen LogP contribution in [0.2, 0.25) is 0 Å². The first-order chi connectivity index (χ1) is 12.5. The number of carbonyl (C=O) groups excluding carboxylic acids is 2. The Balaban J connectivity index is 1.61. The lowest BCUT2D eigenvalue weighted by Gasteiger charge is -2.05. The smallest absolute Gasteiger partial charge is 0.230 e. The lowest BCUT2D eigenvalue weighted by atomic mass is 10.1. The van der Waals surface area contributed by atoms with Crippen LogP contribution in [0, 0.1) is 6.92 Å². The number of nitrogens with zero attached hydrogens (tertiary/aromatic N) is 2. The predicted octanol–water partition coefficient (Wildman–Crippen LogP) is 3.97. The molecule has 0 spiro atoms. The summed E-state index contributed by atoms with van der Waals surface area (Å²) in [5.74, 6) is 0.494. The Labute approximate surface area is 155 Å². The Kier molecular flexibility index (Phi) is 5.38. The number of nitrogens with one attached hydrogen (secondary N) is 2. The summed E-state index contributed by atoms with van der Waals surface area (Å²) < 4.78 is 0. The van der Waals surface area contributed by atoms with E-state index < -0.39 is 0 Å². The van der Waals surface area contributed by atoms with Gasteiger partial charge in [0.15, 0.2) is 10.9 Å². The van der Waals surface area contributed by atoms with E-state index in [0.29, 0.717) is 22.1 Å². The molecule has 7 heteroatoms. The quantitative estimate of drug-likeness (QED) is 0.645. The van der Waals surface area contributed by atoms with E-state index in [1.807, 2.05) is 30.5 Å². The van der Waals surface area contributed by atoms with Gasteiger partial charge in [0.25, 0.3) is 0 Å². The van der Waals surface area contributed by atoms with Crippen molar-refractivity contribution in [2.75, 3.05) is 10.6 Å². The molecule has 1 aromatic carbocycles. The number of ketones is 1. The molecule has 3 rings (SSSR count). The first-order valence-electron chi connectivity index (χ1n) is 8.05. The van der Waals surface area contributed by atoms with Crippen LogP contribution in [-0.2, 0) is 11.2 Å². The fraction of sp³-hybridized carbons (Fsp3) is 0.158. The highest BCUT2D eigenvalue weighted by molar-refractivity contribution is 7.13. The highest BCUT2D eigenvalue weighted by Crippen LogP contribution is 2.20. The molecule has 0 fully saturated rings. The Morgan fingerprint density at radius 2 is 1.92 bits per heavy atom. The van der Waals surface area contributed by atoms with Crippen LogP contribution in [0.25, 0.3) is 0 Å². The van der Waals surface area contributed by atoms with E-state index in [9.17, 15) is 9.59 Å². The zero-order valence-corrected chi connectivity index (χ0v) is 15.3. The second kappa shape index (κ2) is 7.88. The number of thiazole rings is 1. The van der Waals surface area contributed by atoms with E-state index in [-0.39, 0.29) is 18.1 Å². The number of anilines is 3. The van der Waals surface area contributed by atoms with Gasteiger partial charge >= 0.3 is 0 Å². The van der Waals surface area contributed by atoms with Gasteiger partial charge in [0.2, 0.25) is 5.91 Å². The molecule has 3 aromatic rings. The third-order valence-corrected chi connectivity index (χ3v) is 4.38. The summed E-state index contributed by atoms with van der Waals surface area (Å²) >= 11 is 1.42. The zero-order valence-electron chi connectivity index (χ0n) is 14.4. The van der Waals surface area contributed by atoms with E-state index >= 15 is 0 Å². The van der Waals surface area contributed by atoms with Gasteiger partial charge in [-0.25, -0.2) is 9.97 Å². The standard InChI is InChI=1S/C19H18N4O2S/c1-12-5-3-8-17(20-12)23-19-22-16(11-26-19)10-18(25)21-15-7-4-6-14(9-15)13(2)24/h3-9,11H,10H2,1-2H3,(H,21,25)(H,20,22,23). The summed E-state index contributed by atoms with van der Waals surface area (Å²) in [5, 5.41) is 8.45. The van der Waals surface area contributed by atoms with E-state index in [1.54, 1.807) is 24.3 Å². The molecule has 132 valence electrons. The SMILES string of the molecule is CC(=O)c1cccc(NC(=O)Cc2csc(Nc3cccc(C)n3)n2)c1. The molecule has 0 atom stereocenters. The topological polar surface area (TPSA) is 84.0 Å². The highest BCUT2D eigenvalue weighted by Gasteiger charge is 2.10. The maximum atomic E-state index is 12.2. The minimum Gasteiger partial charge on any atom is -0.326 e. The van der Waals surface area contributed by atoms with E-state index in [0.717, 1.165) is 11.5 Å². The molecular formula is C19H18N4O2S. The van der Waals surface area contributed by atoms with Crippen molar-refractivity contribution in [2.45, 2.75) is 20.3 Å². The van der Waals surface area contributed by atoms with Gasteiger partial charge in [0.05, 0.1) is 12.1 Å². The molecule has 0 aliphatic rings. The molecule has 2 aromatic heterocycles. The molecular weight excluding hydrogens is 348 g/mol. The number of aromatic nitrogens is 2. The number of benzene rings is 1. The lowest BCUT2D eigenvalue weighted by Crippen LogP contribution is -2.15. The van der Waals surface area contributed by atoms with Crippen molar-refractivity contribution < 1.29 is 9.59 Å². The van der Waals surface area contributed by atoms with Gasteiger partial charge in [-0.3, -0.25) is 9.59 Å². The fourth-order valence-corrected chi connectivity index (χ4v) is 3.07. The number of hydrogen-bond acceptors (Lipinski definition) is 6. The van der Waals surface area contributed by atoms with Gasteiger partial charge in [0.1, 0.15) is 5.82 Å². The van der Waals surface area contributed by atoms with E-state index in [2.05, 4.69) is 20.6 Å². The molecule has 0 saturated heterocycles. The molecule has 2 heterocycles. The van der Waals surface area contributed by atoms with Crippen molar-refractivity contribution in [3.63, 3.8) is 0 Å². The number of pyridine rings is 1. The van der Waals surface area contributed by atoms with Crippen LogP contribution >= 0.6 is 11.3 Å². The van der Waals surface area contributed by atoms with Crippen molar-refractivity contribution in [1.82, 2.24) is 9.97 Å². The summed E-state index contributed by atoms with van der Waals surface area (Å²) in [7, 11) is 0. The second-order valence-corrected chi connectivity index (χ2v) is 6.65. The fourth-order valence-electron chi connectivity index (χ4n) is 2.35. The first-order valence-corrected chi connectivity index (χ1v) is 8.93. The maximum Gasteiger partial charge on any atom is 0.230 e. The summed E-state index contributed by atoms with van der Waals surface area (Å²) in [4.78, 5) is 32.4. The second-order valence-electron chi connectivity index (χ2n) is 5.80. The monoisotopic (exact) mass is 366 g/mol. The lowest BCUT2D eigenvalue weighted by molar-refractivity contribution is -0.115. The van der Waals surface area contributed by atoms with Crippen LogP contribution in [-0.4, -0.2) is 21.7 Å². The number of amides is 1. The normalized spacial score (nSPS) is 10.4. The number of carbonyl (C=O) groups is 2. The van der Waals surface area contributed by atoms with Crippen molar-refractivity contribution in [1.29, 1.82) is 0 Å². The maximum absolute atomic E-state index is 12.2. The predicted molar refractivity (Wildman–Crippen MR) is 103 cm³/mol. The van der Waals surface area contributed by atoms with Crippen molar-refractivity contribution in [3.8, 4) is 0 Å². The average molecular weight is 366 g/mol. The van der Waals surface area contributed by atoms with E-state index in [1.165, 1.54) is 18.3 Å². The van der Waals surface area contributed by atoms with Crippen LogP contribution in [0.5, 0.6) is 0 Å². The molecule has 0 aliphatic carbocycles. The third kappa shape index (κ3) is 4.73. The van der Waals surface area contributed by atoms with Gasteiger partial charge in [-0.15, -0.1) is 11.3 Å². The molecule has 1 amide bonds. The van der Waals surface area contributed by atoms with Crippen LogP contribution in [0.1, 0.15) is 28.7 Å². The summed E-state index contributed by atoms with van der Waals surface area (Å²) in [6, 6.07) is 12.6. The van der Waals surface area contributed by atoms with Gasteiger partial charge in [-0.2, -0.15) is 0 Å². The zero-order chi connectivity index (χ0) is 18.5. The molecule has 6 nitrogen and oxygen atoms in total. The Morgan fingerprint density at radius 1 is 1.12 bits per heavy atom. The molecule has 26 heavy (non-hydrogen) atoms. The summed E-state index contributed by atoms with van der Waals surface area (Å²) in [6.07, 6.45) is 0.156. The molecule has 2 N–H and O–H groups in total. The molecule has 0 aliphatic heterocycles. The highest BCUT2D eigenvalue weighted by atomic mass is 32.1. The van der Waals surface area contributed by atoms with Crippen molar-refractivity contribution in [2.24, 2.45) is 0 Å². The first kappa shape index (κ1) is 17.8. The molecule has 0 saturated carbocycles. The van der Waals surface area contributed by atoms with Crippen LogP contribution in [0.15, 0.2) is 47.8 Å². The Morgan fingerprint density at radius 3 is 2.69 bits per heavy atom. The molecule has 0 radical (unpaired) electrons. The average Bonchev–Trinajstić information content (AvgIpc) is 3.01. The number of Topliss-reactive ketones (excluding diaryl/α,β-unsaturated/α-hetero) is 1. The Bertz CT molecular complexity index is 952. The van der Waals surface area contributed by atoms with E-state index in [4.69, 9.17) is 0 Å². The minimum absolute atomic E-state index is 0.0407. The van der Waals surface area contributed by atoms with Crippen LogP contribution in [0.3, 0.4) is 0 Å². The van der Waals surface area contributed by atoms with Gasteiger partial charge in [0, 0.05) is 22.3 Å². The van der Waals surface area contributed by atoms with Gasteiger partial charge < -0.3 is 10.6 Å². The molecule has 0 unspecified atom stereocenters. The summed E-state index contributed by atoms with van der Waals surface area (Å²) in [6.45, 7) is 3.41. The van der Waals surface area contributed by atoms with Crippen LogP contribution in [0.4, 0.5) is 16.6 Å². The third-order valence-electron chi connectivity index (χ3n) is 3.57. The van der Waals surface area contributed by atoms with Crippen LogP contribution < -0.4 is 10.6 Å². The number of aryl methyl sites for hydroxylation is 1. The van der Waals surface area contributed by atoms with Gasteiger partial charge in [-0.1, -0.05) is 18.2 Å². The van der Waals surface area contributed by atoms with Gasteiger partial charge in [-0.05, 0) is 38.1 Å². The molecule has 0 bridgehead atoms. The van der Waals surface area contributed by atoms with Crippen molar-refractivity contribution in [3.05, 3.63) is 64.8 Å². The number of rotatable bonds is 6.